The molecule has 1 aliphatic heterocycles. The number of rotatable bonds is 8. The molecule has 0 bridgehead atoms. The van der Waals surface area contributed by atoms with Gasteiger partial charge in [0.1, 0.15) is 0 Å². The Morgan fingerprint density at radius 2 is 2.19 bits per heavy atom. The fraction of sp³-hybridized carbons (Fsp3) is 0.933. The van der Waals surface area contributed by atoms with Crippen LogP contribution < -0.4 is 11.1 Å². The number of hydrogen-bond donors (Lipinski definition) is 2. The van der Waals surface area contributed by atoms with Crippen LogP contribution in [0.25, 0.3) is 0 Å². The van der Waals surface area contributed by atoms with Crippen LogP contribution in [0.4, 0.5) is 0 Å². The van der Waals surface area contributed by atoms with E-state index in [0.717, 1.165) is 25.2 Å². The minimum absolute atomic E-state index is 0. The summed E-state index contributed by atoms with van der Waals surface area (Å²) in [4.78, 5) is 12.0. The molecule has 126 valence electrons. The van der Waals surface area contributed by atoms with E-state index in [-0.39, 0.29) is 23.9 Å². The van der Waals surface area contributed by atoms with Crippen LogP contribution in [-0.2, 0) is 9.53 Å². The maximum Gasteiger partial charge on any atom is 0.230 e. The number of nitrogens with two attached hydrogens (primary N) is 1. The number of ether oxygens (including phenoxy) is 1. The summed E-state index contributed by atoms with van der Waals surface area (Å²) in [6.07, 6.45) is 4.79. The third-order valence-electron chi connectivity index (χ3n) is 3.56. The first-order valence-electron chi connectivity index (χ1n) is 7.65. The molecule has 1 amide bonds. The minimum Gasteiger partial charge on any atom is -0.377 e. The lowest BCUT2D eigenvalue weighted by molar-refractivity contribution is -0.120. The second-order valence-electron chi connectivity index (χ2n) is 6.41. The van der Waals surface area contributed by atoms with Crippen LogP contribution in [0.5, 0.6) is 0 Å². The molecule has 0 aromatic carbocycles. The lowest BCUT2D eigenvalue weighted by Crippen LogP contribution is -2.52. The van der Waals surface area contributed by atoms with Crippen molar-refractivity contribution in [3.8, 4) is 0 Å². The van der Waals surface area contributed by atoms with Gasteiger partial charge in [0.25, 0.3) is 0 Å². The van der Waals surface area contributed by atoms with Gasteiger partial charge in [0, 0.05) is 24.4 Å². The molecular formula is C15H31ClN2O2S. The van der Waals surface area contributed by atoms with Gasteiger partial charge in [0.05, 0.1) is 11.9 Å². The van der Waals surface area contributed by atoms with Crippen molar-refractivity contribution in [1.29, 1.82) is 0 Å². The Bertz CT molecular complexity index is 299. The molecule has 0 aliphatic carbocycles. The van der Waals surface area contributed by atoms with Crippen molar-refractivity contribution >= 4 is 30.1 Å². The molecule has 21 heavy (non-hydrogen) atoms. The van der Waals surface area contributed by atoms with E-state index in [1.165, 1.54) is 12.8 Å². The fourth-order valence-electron chi connectivity index (χ4n) is 2.68. The van der Waals surface area contributed by atoms with Crippen molar-refractivity contribution < 1.29 is 9.53 Å². The van der Waals surface area contributed by atoms with E-state index >= 15 is 0 Å². The van der Waals surface area contributed by atoms with Gasteiger partial charge in [-0.1, -0.05) is 13.8 Å². The molecule has 2 unspecified atom stereocenters. The highest BCUT2D eigenvalue weighted by Gasteiger charge is 2.25. The lowest BCUT2D eigenvalue weighted by atomic mass is 9.91. The molecule has 2 atom stereocenters. The SMILES string of the molecule is CC(C)CC(C)(CN)NC(=O)CSCC1CCCCO1.Cl. The van der Waals surface area contributed by atoms with Crippen molar-refractivity contribution in [1.82, 2.24) is 5.32 Å². The van der Waals surface area contributed by atoms with Gasteiger partial charge < -0.3 is 15.8 Å². The number of thioether (sulfide) groups is 1. The number of halogens is 1. The van der Waals surface area contributed by atoms with Gasteiger partial charge in [-0.25, -0.2) is 0 Å². The Morgan fingerprint density at radius 1 is 1.48 bits per heavy atom. The van der Waals surface area contributed by atoms with Crippen LogP contribution in [0.3, 0.4) is 0 Å². The van der Waals surface area contributed by atoms with Gasteiger partial charge in [0.15, 0.2) is 0 Å². The Morgan fingerprint density at radius 3 is 2.71 bits per heavy atom. The smallest absolute Gasteiger partial charge is 0.230 e. The maximum absolute atomic E-state index is 12.0. The quantitative estimate of drug-likeness (QED) is 0.714. The molecule has 6 heteroatoms. The Balaban J connectivity index is 0.00000400. The first kappa shape index (κ1) is 21.0. The fourth-order valence-corrected chi connectivity index (χ4v) is 3.58. The van der Waals surface area contributed by atoms with Crippen molar-refractivity contribution in [2.45, 2.75) is 58.1 Å². The van der Waals surface area contributed by atoms with Gasteiger partial charge in [-0.15, -0.1) is 24.2 Å². The van der Waals surface area contributed by atoms with Crippen LogP contribution in [0.1, 0.15) is 46.5 Å². The highest BCUT2D eigenvalue weighted by atomic mass is 35.5. The number of amides is 1. The number of nitrogens with one attached hydrogen (secondary N) is 1. The normalized spacial score (nSPS) is 21.5. The molecule has 1 saturated heterocycles. The van der Waals surface area contributed by atoms with E-state index in [1.54, 1.807) is 11.8 Å². The van der Waals surface area contributed by atoms with Gasteiger partial charge in [-0.2, -0.15) is 0 Å². The van der Waals surface area contributed by atoms with Gasteiger partial charge >= 0.3 is 0 Å². The predicted octanol–water partition coefficient (Wildman–Crippen LogP) is 2.59. The zero-order valence-corrected chi connectivity index (χ0v) is 15.2. The van der Waals surface area contributed by atoms with E-state index in [0.29, 0.717) is 24.3 Å². The zero-order valence-electron chi connectivity index (χ0n) is 13.5. The summed E-state index contributed by atoms with van der Waals surface area (Å²) in [5.74, 6) is 2.01. The molecule has 3 N–H and O–H groups in total. The van der Waals surface area contributed by atoms with Crippen LogP contribution in [0, 0.1) is 5.92 Å². The van der Waals surface area contributed by atoms with Crippen LogP contribution in [-0.4, -0.2) is 42.2 Å². The molecule has 0 saturated carbocycles. The van der Waals surface area contributed by atoms with E-state index in [9.17, 15) is 4.79 Å². The molecular weight excluding hydrogens is 308 g/mol. The summed E-state index contributed by atoms with van der Waals surface area (Å²) < 4.78 is 5.66. The van der Waals surface area contributed by atoms with E-state index in [2.05, 4.69) is 19.2 Å². The van der Waals surface area contributed by atoms with E-state index < -0.39 is 0 Å². The number of hydrogen-bond acceptors (Lipinski definition) is 4. The highest BCUT2D eigenvalue weighted by Crippen LogP contribution is 2.18. The van der Waals surface area contributed by atoms with Crippen molar-refractivity contribution in [3.05, 3.63) is 0 Å². The van der Waals surface area contributed by atoms with Crippen LogP contribution in [0.15, 0.2) is 0 Å². The molecule has 0 aromatic heterocycles. The molecule has 1 heterocycles. The minimum atomic E-state index is -0.285. The Hall–Kier alpha value is 0.0300. The zero-order chi connectivity index (χ0) is 15.0. The summed E-state index contributed by atoms with van der Waals surface area (Å²) in [6, 6.07) is 0. The molecule has 0 radical (unpaired) electrons. The Labute approximate surface area is 139 Å². The molecule has 1 fully saturated rings. The van der Waals surface area contributed by atoms with Gasteiger partial charge in [-0.05, 0) is 38.5 Å². The average Bonchev–Trinajstić information content (AvgIpc) is 2.39. The molecule has 0 aromatic rings. The summed E-state index contributed by atoms with van der Waals surface area (Å²) >= 11 is 1.66. The van der Waals surface area contributed by atoms with Crippen molar-refractivity contribution in [2.75, 3.05) is 24.7 Å². The monoisotopic (exact) mass is 338 g/mol. The summed E-state index contributed by atoms with van der Waals surface area (Å²) in [6.45, 7) is 7.68. The van der Waals surface area contributed by atoms with Gasteiger partial charge in [0.2, 0.25) is 5.91 Å². The number of carbonyl (C=O) groups excluding carboxylic acids is 1. The van der Waals surface area contributed by atoms with Crippen LogP contribution >= 0.6 is 24.2 Å². The largest absolute Gasteiger partial charge is 0.377 e. The van der Waals surface area contributed by atoms with E-state index in [4.69, 9.17) is 10.5 Å². The maximum atomic E-state index is 12.0. The highest BCUT2D eigenvalue weighted by molar-refractivity contribution is 7.99. The first-order valence-corrected chi connectivity index (χ1v) is 8.81. The molecule has 1 rings (SSSR count). The van der Waals surface area contributed by atoms with Gasteiger partial charge in [-0.3, -0.25) is 4.79 Å². The summed E-state index contributed by atoms with van der Waals surface area (Å²) in [5.41, 5.74) is 5.52. The van der Waals surface area contributed by atoms with E-state index in [1.807, 2.05) is 6.92 Å². The van der Waals surface area contributed by atoms with Crippen LogP contribution in [0.2, 0.25) is 0 Å². The topological polar surface area (TPSA) is 64.3 Å². The van der Waals surface area contributed by atoms with Crippen molar-refractivity contribution in [3.63, 3.8) is 0 Å². The standard InChI is InChI=1S/C15H30N2O2S.ClH/c1-12(2)8-15(3,11-16)17-14(18)10-20-9-13-6-4-5-7-19-13;/h12-13H,4-11,16H2,1-3H3,(H,17,18);1H. The van der Waals surface area contributed by atoms with Crippen molar-refractivity contribution in [2.24, 2.45) is 11.7 Å². The third-order valence-corrected chi connectivity index (χ3v) is 4.64. The number of carbonyl (C=O) groups is 1. The summed E-state index contributed by atoms with van der Waals surface area (Å²) in [5, 5.41) is 3.09. The molecule has 4 nitrogen and oxygen atoms in total. The second-order valence-corrected chi connectivity index (χ2v) is 7.44. The lowest BCUT2D eigenvalue weighted by Gasteiger charge is -2.31. The summed E-state index contributed by atoms with van der Waals surface area (Å²) in [7, 11) is 0. The molecule has 0 spiro atoms. The predicted molar refractivity (Wildman–Crippen MR) is 93.2 cm³/mol. The molecule has 1 aliphatic rings. The Kier molecular flexibility index (Phi) is 10.7. The average molecular weight is 339 g/mol. The third kappa shape index (κ3) is 8.91. The second kappa shape index (κ2) is 10.7. The first-order chi connectivity index (χ1) is 9.45.